The van der Waals surface area contributed by atoms with E-state index in [1.807, 2.05) is 17.9 Å². The maximum atomic E-state index is 13.5. The van der Waals surface area contributed by atoms with Gasteiger partial charge in [-0.25, -0.2) is 9.97 Å². The minimum absolute atomic E-state index is 0.0677. The minimum atomic E-state index is -0.373. The number of rotatable bonds is 7. The molecule has 1 aliphatic heterocycles. The number of aliphatic hydroxyl groups excluding tert-OH is 1. The monoisotopic (exact) mass is 485 g/mol. The van der Waals surface area contributed by atoms with E-state index in [1.165, 1.54) is 11.3 Å². The van der Waals surface area contributed by atoms with Crippen LogP contribution in [0.1, 0.15) is 85.2 Å². The zero-order chi connectivity index (χ0) is 24.4. The van der Waals surface area contributed by atoms with Gasteiger partial charge in [0.25, 0.3) is 11.8 Å². The van der Waals surface area contributed by atoms with Crippen LogP contribution in [0.5, 0.6) is 0 Å². The molecule has 3 N–H and O–H groups in total. The molecule has 1 saturated heterocycles. The van der Waals surface area contributed by atoms with Gasteiger partial charge in [0.2, 0.25) is 0 Å². The van der Waals surface area contributed by atoms with Gasteiger partial charge in [-0.15, -0.1) is 11.3 Å². The molecule has 3 heterocycles. The van der Waals surface area contributed by atoms with Gasteiger partial charge in [-0.3, -0.25) is 9.59 Å². The average Bonchev–Trinajstić information content (AvgIpc) is 3.53. The number of thiazole rings is 1. The number of hydrogen-bond donors (Lipinski definition) is 3. The number of pyridine rings is 1. The van der Waals surface area contributed by atoms with E-state index in [4.69, 9.17) is 0 Å². The molecule has 0 aromatic carbocycles. The Hall–Kier alpha value is -2.52. The Bertz CT molecular complexity index is 1060. The highest BCUT2D eigenvalue weighted by Gasteiger charge is 2.32. The number of nitrogens with one attached hydrogen (secondary N) is 2. The largest absolute Gasteiger partial charge is 0.393 e. The van der Waals surface area contributed by atoms with Crippen molar-refractivity contribution in [3.63, 3.8) is 0 Å². The molecule has 4 atom stereocenters. The zero-order valence-electron chi connectivity index (χ0n) is 20.4. The van der Waals surface area contributed by atoms with Gasteiger partial charge in [-0.05, 0) is 70.9 Å². The smallest absolute Gasteiger partial charge is 0.280 e. The third-order valence-corrected chi connectivity index (χ3v) is 8.03. The summed E-state index contributed by atoms with van der Waals surface area (Å²) in [6.07, 6.45) is 6.31. The predicted octanol–water partition coefficient (Wildman–Crippen LogP) is 3.99. The number of aryl methyl sites for hydroxylation is 1. The molecule has 0 spiro atoms. The summed E-state index contributed by atoms with van der Waals surface area (Å²) in [6.45, 7) is 8.97. The fourth-order valence-electron chi connectivity index (χ4n) is 4.68. The summed E-state index contributed by atoms with van der Waals surface area (Å²) in [7, 11) is 0. The first kappa shape index (κ1) is 24.6. The van der Waals surface area contributed by atoms with Crippen molar-refractivity contribution in [3.05, 3.63) is 28.5 Å². The number of hydrogen-bond acceptors (Lipinski definition) is 7. The van der Waals surface area contributed by atoms with Gasteiger partial charge in [0, 0.05) is 36.4 Å². The number of carbonyl (C=O) groups is 2. The first-order valence-corrected chi connectivity index (χ1v) is 13.1. The first-order valence-electron chi connectivity index (χ1n) is 12.3. The van der Waals surface area contributed by atoms with E-state index >= 15 is 0 Å². The van der Waals surface area contributed by atoms with Crippen molar-refractivity contribution in [3.8, 4) is 10.4 Å². The van der Waals surface area contributed by atoms with Crippen LogP contribution in [0.25, 0.3) is 10.4 Å². The van der Waals surface area contributed by atoms with Crippen LogP contribution in [-0.4, -0.2) is 62.6 Å². The van der Waals surface area contributed by atoms with Gasteiger partial charge in [0.15, 0.2) is 5.01 Å². The molecule has 2 aromatic heterocycles. The Balaban J connectivity index is 1.67. The van der Waals surface area contributed by atoms with E-state index in [2.05, 4.69) is 41.4 Å². The van der Waals surface area contributed by atoms with E-state index in [0.717, 1.165) is 42.6 Å². The third kappa shape index (κ3) is 5.25. The van der Waals surface area contributed by atoms with Crippen LogP contribution in [-0.2, 0) is 0 Å². The fraction of sp³-hybridized carbons (Fsp3) is 0.600. The molecule has 0 unspecified atom stereocenters. The molecule has 8 nitrogen and oxygen atoms in total. The van der Waals surface area contributed by atoms with Gasteiger partial charge in [0.1, 0.15) is 11.5 Å². The maximum Gasteiger partial charge on any atom is 0.280 e. The lowest BCUT2D eigenvalue weighted by molar-refractivity contribution is 0.0743. The maximum absolute atomic E-state index is 13.5. The van der Waals surface area contributed by atoms with Crippen molar-refractivity contribution in [1.29, 1.82) is 0 Å². The van der Waals surface area contributed by atoms with Crippen molar-refractivity contribution < 1.29 is 14.7 Å². The number of carbonyl (C=O) groups excluding carboxylic acids is 2. The summed E-state index contributed by atoms with van der Waals surface area (Å²) in [5.41, 5.74) is 2.11. The van der Waals surface area contributed by atoms with Crippen LogP contribution in [0.15, 0.2) is 12.3 Å². The van der Waals surface area contributed by atoms with Gasteiger partial charge in [-0.2, -0.15) is 0 Å². The summed E-state index contributed by atoms with van der Waals surface area (Å²) in [4.78, 5) is 38.2. The average molecular weight is 486 g/mol. The van der Waals surface area contributed by atoms with Crippen molar-refractivity contribution in [2.24, 2.45) is 0 Å². The standard InChI is InChI=1S/C25H35N5O3S/c1-5-15(3)27-20-11-14(2)19(13-26-20)22-21(25(33)30-10-6-7-16(30)4)29-24(34-22)23(32)28-17-8-9-18(31)12-17/h11,13,15-18,31H,5-10,12H2,1-4H3,(H,26,27)(H,28,32)/t15-,16+,17+,18+/m1/s1. The zero-order valence-corrected chi connectivity index (χ0v) is 21.2. The quantitative estimate of drug-likeness (QED) is 0.547. The molecule has 4 rings (SSSR count). The summed E-state index contributed by atoms with van der Waals surface area (Å²) in [5, 5.41) is 16.4. The Morgan fingerprint density at radius 1 is 1.32 bits per heavy atom. The van der Waals surface area contributed by atoms with Crippen LogP contribution in [0, 0.1) is 6.92 Å². The molecule has 2 fully saturated rings. The third-order valence-electron chi connectivity index (χ3n) is 6.94. The summed E-state index contributed by atoms with van der Waals surface area (Å²) < 4.78 is 0. The molecular weight excluding hydrogens is 450 g/mol. The summed E-state index contributed by atoms with van der Waals surface area (Å²) in [5.74, 6) is 0.367. The van der Waals surface area contributed by atoms with Crippen LogP contribution in [0.4, 0.5) is 5.82 Å². The number of aliphatic hydroxyl groups is 1. The van der Waals surface area contributed by atoms with Crippen molar-refractivity contribution in [2.75, 3.05) is 11.9 Å². The van der Waals surface area contributed by atoms with Crippen LogP contribution in [0.3, 0.4) is 0 Å². The number of aromatic nitrogens is 2. The van der Waals surface area contributed by atoms with E-state index in [0.29, 0.717) is 36.0 Å². The second-order valence-corrected chi connectivity index (χ2v) is 10.7. The van der Waals surface area contributed by atoms with Gasteiger partial charge in [-0.1, -0.05) is 6.92 Å². The normalized spacial score (nSPS) is 23.2. The number of nitrogens with zero attached hydrogens (tertiary/aromatic N) is 3. The molecule has 0 radical (unpaired) electrons. The second-order valence-electron chi connectivity index (χ2n) is 9.66. The topological polar surface area (TPSA) is 107 Å². The van der Waals surface area contributed by atoms with Gasteiger partial charge < -0.3 is 20.6 Å². The lowest BCUT2D eigenvalue weighted by Gasteiger charge is -2.21. The fourth-order valence-corrected chi connectivity index (χ4v) is 5.71. The molecule has 1 saturated carbocycles. The molecule has 34 heavy (non-hydrogen) atoms. The first-order chi connectivity index (χ1) is 16.3. The number of amides is 2. The highest BCUT2D eigenvalue weighted by atomic mass is 32.1. The lowest BCUT2D eigenvalue weighted by Crippen LogP contribution is -2.35. The Morgan fingerprint density at radius 3 is 2.74 bits per heavy atom. The highest BCUT2D eigenvalue weighted by molar-refractivity contribution is 7.17. The summed E-state index contributed by atoms with van der Waals surface area (Å²) in [6, 6.07) is 2.37. The van der Waals surface area contributed by atoms with Crippen LogP contribution in [0.2, 0.25) is 0 Å². The Morgan fingerprint density at radius 2 is 2.12 bits per heavy atom. The van der Waals surface area contributed by atoms with Crippen molar-refractivity contribution in [1.82, 2.24) is 20.2 Å². The molecule has 0 bridgehead atoms. The number of likely N-dealkylation sites (tertiary alicyclic amines) is 1. The van der Waals surface area contributed by atoms with Gasteiger partial charge >= 0.3 is 0 Å². The van der Waals surface area contributed by atoms with E-state index in [-0.39, 0.29) is 35.0 Å². The molecule has 2 amide bonds. The van der Waals surface area contributed by atoms with Crippen LogP contribution < -0.4 is 10.6 Å². The molecule has 2 aromatic rings. The Kier molecular flexibility index (Phi) is 7.52. The SMILES string of the molecule is CC[C@@H](C)Nc1cc(C)c(-c2sc(C(=O)N[C@H]3CC[C@H](O)C3)nc2C(=O)N2CCC[C@@H]2C)cn1. The molecule has 184 valence electrons. The van der Waals surface area contributed by atoms with E-state index < -0.39 is 0 Å². The Labute approximate surface area is 205 Å². The second kappa shape index (κ2) is 10.4. The molecule has 9 heteroatoms. The highest BCUT2D eigenvalue weighted by Crippen LogP contribution is 2.35. The van der Waals surface area contributed by atoms with Crippen molar-refractivity contribution >= 4 is 29.0 Å². The summed E-state index contributed by atoms with van der Waals surface area (Å²) >= 11 is 1.24. The van der Waals surface area contributed by atoms with Gasteiger partial charge in [0.05, 0.1) is 11.0 Å². The van der Waals surface area contributed by atoms with E-state index in [1.54, 1.807) is 6.20 Å². The molecular formula is C25H35N5O3S. The molecule has 1 aliphatic carbocycles. The number of anilines is 1. The van der Waals surface area contributed by atoms with Crippen LogP contribution >= 0.6 is 11.3 Å². The lowest BCUT2D eigenvalue weighted by atomic mass is 10.1. The van der Waals surface area contributed by atoms with E-state index in [9.17, 15) is 14.7 Å². The minimum Gasteiger partial charge on any atom is -0.393 e. The van der Waals surface area contributed by atoms with Crippen molar-refractivity contribution in [2.45, 2.75) is 90.4 Å². The molecule has 2 aliphatic rings. The predicted molar refractivity (Wildman–Crippen MR) is 134 cm³/mol.